The number of carbonyl (C=O) groups is 3. The van der Waals surface area contributed by atoms with Gasteiger partial charge < -0.3 is 15.7 Å². The Balaban J connectivity index is 4.09. The summed E-state index contributed by atoms with van der Waals surface area (Å²) >= 11 is 0. The van der Waals surface area contributed by atoms with E-state index in [1.54, 1.807) is 0 Å². The van der Waals surface area contributed by atoms with E-state index in [1.807, 2.05) is 41.5 Å². The van der Waals surface area contributed by atoms with Crippen LogP contribution in [0.15, 0.2) is 0 Å². The summed E-state index contributed by atoms with van der Waals surface area (Å²) in [6.45, 7) is 11.6. The summed E-state index contributed by atoms with van der Waals surface area (Å²) in [7, 11) is 0. The van der Waals surface area contributed by atoms with Crippen molar-refractivity contribution in [2.45, 2.75) is 91.6 Å². The number of unbranched alkanes of at least 4 members (excludes halogenated alkanes) is 2. The van der Waals surface area contributed by atoms with E-state index in [9.17, 15) is 19.5 Å². The lowest BCUT2D eigenvalue weighted by Crippen LogP contribution is -2.51. The first-order valence-electron chi connectivity index (χ1n) is 8.63. The summed E-state index contributed by atoms with van der Waals surface area (Å²) in [6, 6.07) is -1.38. The number of amides is 2. The average molecular weight is 342 g/mol. The monoisotopic (exact) mass is 342 g/mol. The quantitative estimate of drug-likeness (QED) is 0.559. The van der Waals surface area contributed by atoms with Crippen molar-refractivity contribution in [2.75, 3.05) is 0 Å². The molecule has 24 heavy (non-hydrogen) atoms. The van der Waals surface area contributed by atoms with Crippen LogP contribution < -0.4 is 10.6 Å². The molecule has 6 heteroatoms. The van der Waals surface area contributed by atoms with Crippen LogP contribution in [0.2, 0.25) is 0 Å². The van der Waals surface area contributed by atoms with E-state index >= 15 is 0 Å². The molecule has 0 spiro atoms. The molecule has 0 bridgehead atoms. The molecule has 0 radical (unpaired) electrons. The molecule has 6 nitrogen and oxygen atoms in total. The fourth-order valence-corrected chi connectivity index (χ4v) is 2.32. The molecule has 0 fully saturated rings. The van der Waals surface area contributed by atoms with E-state index in [4.69, 9.17) is 0 Å². The van der Waals surface area contributed by atoms with Crippen molar-refractivity contribution in [3.63, 3.8) is 0 Å². The van der Waals surface area contributed by atoms with Gasteiger partial charge >= 0.3 is 12.0 Å². The van der Waals surface area contributed by atoms with Gasteiger partial charge in [-0.25, -0.2) is 9.59 Å². The predicted molar refractivity (Wildman–Crippen MR) is 95.0 cm³/mol. The number of carboxylic acids is 1. The summed E-state index contributed by atoms with van der Waals surface area (Å²) < 4.78 is 0. The van der Waals surface area contributed by atoms with Gasteiger partial charge in [0.25, 0.3) is 0 Å². The lowest BCUT2D eigenvalue weighted by Gasteiger charge is -2.23. The van der Waals surface area contributed by atoms with Crippen molar-refractivity contribution in [1.82, 2.24) is 10.6 Å². The molecule has 1 unspecified atom stereocenters. The Labute approximate surface area is 145 Å². The number of rotatable bonds is 9. The standard InChI is InChI=1S/C18H34N2O4/c1-17(2,3)12-13(21)10-8-7-9-11-14(15(22)23)19-16(24)20-18(4,5)6/h14H,7-12H2,1-6H3,(H,22,23)(H2,19,20,24). The van der Waals surface area contributed by atoms with Crippen LogP contribution >= 0.6 is 0 Å². The Bertz CT molecular complexity index is 433. The summed E-state index contributed by atoms with van der Waals surface area (Å²) in [5, 5.41) is 14.4. The van der Waals surface area contributed by atoms with Gasteiger partial charge in [-0.15, -0.1) is 0 Å². The molecule has 0 aromatic rings. The Kier molecular flexibility index (Phi) is 9.01. The fraction of sp³-hybridized carbons (Fsp3) is 0.833. The highest BCUT2D eigenvalue weighted by molar-refractivity contribution is 5.82. The number of carbonyl (C=O) groups excluding carboxylic acids is 2. The number of hydrogen-bond acceptors (Lipinski definition) is 3. The third-order valence-corrected chi connectivity index (χ3v) is 3.27. The van der Waals surface area contributed by atoms with Gasteiger partial charge in [-0.3, -0.25) is 4.79 Å². The largest absolute Gasteiger partial charge is 0.480 e. The summed E-state index contributed by atoms with van der Waals surface area (Å²) in [6.07, 6.45) is 3.67. The van der Waals surface area contributed by atoms with Gasteiger partial charge in [0.05, 0.1) is 0 Å². The van der Waals surface area contributed by atoms with Crippen molar-refractivity contribution >= 4 is 17.8 Å². The van der Waals surface area contributed by atoms with E-state index in [1.165, 1.54) is 0 Å². The number of carboxylic acid groups (broad SMARTS) is 1. The van der Waals surface area contributed by atoms with E-state index in [0.717, 1.165) is 12.8 Å². The number of nitrogens with one attached hydrogen (secondary N) is 2. The van der Waals surface area contributed by atoms with Gasteiger partial charge in [0, 0.05) is 18.4 Å². The van der Waals surface area contributed by atoms with Gasteiger partial charge in [0.2, 0.25) is 0 Å². The second kappa shape index (κ2) is 9.64. The van der Waals surface area contributed by atoms with Gasteiger partial charge in [-0.1, -0.05) is 33.6 Å². The maximum atomic E-state index is 11.8. The minimum atomic E-state index is -1.04. The molecule has 0 saturated heterocycles. The van der Waals surface area contributed by atoms with Crippen LogP contribution in [0.1, 0.15) is 80.1 Å². The molecular formula is C18H34N2O4. The van der Waals surface area contributed by atoms with Crippen molar-refractivity contribution in [2.24, 2.45) is 5.41 Å². The fourth-order valence-electron chi connectivity index (χ4n) is 2.32. The van der Waals surface area contributed by atoms with Crippen molar-refractivity contribution in [1.29, 1.82) is 0 Å². The Morgan fingerprint density at radius 3 is 2.00 bits per heavy atom. The summed E-state index contributed by atoms with van der Waals surface area (Å²) in [5.41, 5.74) is -0.406. The van der Waals surface area contributed by atoms with Gasteiger partial charge in [0.15, 0.2) is 0 Å². The second-order valence-corrected chi connectivity index (χ2v) is 8.61. The molecule has 0 aliphatic heterocycles. The number of ketones is 1. The highest BCUT2D eigenvalue weighted by Crippen LogP contribution is 2.20. The normalized spacial score (nSPS) is 13.2. The smallest absolute Gasteiger partial charge is 0.326 e. The summed E-state index contributed by atoms with van der Waals surface area (Å²) in [4.78, 5) is 34.8. The molecule has 1 atom stereocenters. The lowest BCUT2D eigenvalue weighted by atomic mass is 9.88. The third-order valence-electron chi connectivity index (χ3n) is 3.27. The van der Waals surface area contributed by atoms with Crippen molar-refractivity contribution < 1.29 is 19.5 Å². The van der Waals surface area contributed by atoms with Gasteiger partial charge in [-0.05, 0) is 39.0 Å². The molecule has 0 aliphatic carbocycles. The molecule has 0 rings (SSSR count). The summed E-state index contributed by atoms with van der Waals surface area (Å²) in [5.74, 6) is -0.789. The lowest BCUT2D eigenvalue weighted by molar-refractivity contribution is -0.139. The molecule has 0 aromatic carbocycles. The van der Waals surface area contributed by atoms with Crippen LogP contribution in [0.4, 0.5) is 4.79 Å². The minimum Gasteiger partial charge on any atom is -0.480 e. The van der Waals surface area contributed by atoms with Crippen LogP contribution in [0.25, 0.3) is 0 Å². The van der Waals surface area contributed by atoms with Crippen molar-refractivity contribution in [3.05, 3.63) is 0 Å². The highest BCUT2D eigenvalue weighted by Gasteiger charge is 2.22. The van der Waals surface area contributed by atoms with Crippen LogP contribution in [-0.4, -0.2) is 34.5 Å². The van der Waals surface area contributed by atoms with Crippen LogP contribution in [0, 0.1) is 5.41 Å². The van der Waals surface area contributed by atoms with E-state index in [2.05, 4.69) is 10.6 Å². The SMILES string of the molecule is CC(C)(C)CC(=O)CCCCCC(NC(=O)NC(C)(C)C)C(=O)O. The maximum Gasteiger partial charge on any atom is 0.326 e. The first-order valence-corrected chi connectivity index (χ1v) is 8.63. The molecule has 2 amide bonds. The molecule has 0 heterocycles. The number of aliphatic carboxylic acids is 1. The first kappa shape index (κ1) is 22.4. The molecule has 0 saturated carbocycles. The van der Waals surface area contributed by atoms with Crippen molar-refractivity contribution in [3.8, 4) is 0 Å². The average Bonchev–Trinajstić information content (AvgIpc) is 2.32. The Morgan fingerprint density at radius 2 is 1.54 bits per heavy atom. The zero-order valence-electron chi connectivity index (χ0n) is 16.0. The molecule has 140 valence electrons. The maximum absolute atomic E-state index is 11.8. The van der Waals surface area contributed by atoms with Gasteiger partial charge in [0.1, 0.15) is 11.8 Å². The van der Waals surface area contributed by atoms with Crippen LogP contribution in [0.5, 0.6) is 0 Å². The number of hydrogen-bond donors (Lipinski definition) is 3. The Hall–Kier alpha value is -1.59. The van der Waals surface area contributed by atoms with E-state index in [-0.39, 0.29) is 11.2 Å². The number of Topliss-reactive ketones (excluding diaryl/α,β-unsaturated/α-hetero) is 1. The molecule has 0 aliphatic rings. The predicted octanol–water partition coefficient (Wildman–Crippen LogP) is 3.49. The van der Waals surface area contributed by atoms with Gasteiger partial charge in [-0.2, -0.15) is 0 Å². The van der Waals surface area contributed by atoms with Crippen LogP contribution in [0.3, 0.4) is 0 Å². The molecule has 3 N–H and O–H groups in total. The highest BCUT2D eigenvalue weighted by atomic mass is 16.4. The van der Waals surface area contributed by atoms with Crippen LogP contribution in [-0.2, 0) is 9.59 Å². The van der Waals surface area contributed by atoms with E-state index in [0.29, 0.717) is 25.7 Å². The Morgan fingerprint density at radius 1 is 0.958 bits per heavy atom. The molecular weight excluding hydrogens is 308 g/mol. The van der Waals surface area contributed by atoms with E-state index < -0.39 is 23.6 Å². The zero-order chi connectivity index (χ0) is 19.0. The number of urea groups is 1. The third kappa shape index (κ3) is 12.9. The second-order valence-electron chi connectivity index (χ2n) is 8.61. The zero-order valence-corrected chi connectivity index (χ0v) is 16.0. The topological polar surface area (TPSA) is 95.5 Å². The molecule has 0 aromatic heterocycles. The minimum absolute atomic E-state index is 0.00974. The first-order chi connectivity index (χ1) is 10.8.